The van der Waals surface area contributed by atoms with E-state index in [-0.39, 0.29) is 40.8 Å². The van der Waals surface area contributed by atoms with Gasteiger partial charge >= 0.3 is 0 Å². The Morgan fingerprint density at radius 1 is 1.24 bits per heavy atom. The molecule has 1 aliphatic rings. The molecular weight excluding hydrogens is 441 g/mol. The van der Waals surface area contributed by atoms with Crippen LogP contribution in [-0.2, 0) is 16.1 Å². The van der Waals surface area contributed by atoms with Gasteiger partial charge in [0.25, 0.3) is 11.8 Å². The molecule has 0 aromatic heterocycles. The van der Waals surface area contributed by atoms with Gasteiger partial charge in [-0.15, -0.1) is 0 Å². The topological polar surface area (TPSA) is 153 Å². The number of hydrogen-bond acceptors (Lipinski definition) is 7. The van der Waals surface area contributed by atoms with Crippen molar-refractivity contribution in [3.63, 3.8) is 0 Å². The molecule has 7 N–H and O–H groups in total. The second kappa shape index (κ2) is 11.3. The first-order valence-electron chi connectivity index (χ1n) is 10.7. The molecule has 1 aliphatic heterocycles. The molecular formula is C24H28FN5O4. The van der Waals surface area contributed by atoms with Gasteiger partial charge in [0.05, 0.1) is 31.0 Å². The van der Waals surface area contributed by atoms with Crippen LogP contribution >= 0.6 is 0 Å². The first kappa shape index (κ1) is 24.7. The second-order valence-electron chi connectivity index (χ2n) is 7.78. The van der Waals surface area contributed by atoms with Crippen molar-refractivity contribution < 1.29 is 23.5 Å². The van der Waals surface area contributed by atoms with Crippen LogP contribution in [0.4, 0.5) is 4.39 Å². The van der Waals surface area contributed by atoms with Gasteiger partial charge in [-0.1, -0.05) is 24.3 Å². The Kier molecular flexibility index (Phi) is 8.20. The second-order valence-corrected chi connectivity index (χ2v) is 7.78. The minimum absolute atomic E-state index is 0.0541. The predicted molar refractivity (Wildman–Crippen MR) is 125 cm³/mol. The summed E-state index contributed by atoms with van der Waals surface area (Å²) in [4.78, 5) is 24.5. The number of carbonyl (C=O) groups is 2. The van der Waals surface area contributed by atoms with Gasteiger partial charge in [-0.2, -0.15) is 0 Å². The molecule has 0 bridgehead atoms. The normalized spacial score (nSPS) is 16.2. The van der Waals surface area contributed by atoms with Crippen LogP contribution in [0.2, 0.25) is 0 Å². The highest BCUT2D eigenvalue weighted by atomic mass is 19.1. The molecule has 2 aromatic rings. The maximum absolute atomic E-state index is 14.8. The molecule has 9 nitrogen and oxygen atoms in total. The molecule has 1 atom stereocenters. The van der Waals surface area contributed by atoms with Gasteiger partial charge in [0.15, 0.2) is 0 Å². The van der Waals surface area contributed by atoms with Gasteiger partial charge in [-0.05, 0) is 31.0 Å². The summed E-state index contributed by atoms with van der Waals surface area (Å²) < 4.78 is 25.3. The van der Waals surface area contributed by atoms with Gasteiger partial charge in [0, 0.05) is 24.3 Å². The van der Waals surface area contributed by atoms with E-state index in [4.69, 9.17) is 26.4 Å². The van der Waals surface area contributed by atoms with E-state index < -0.39 is 17.6 Å². The van der Waals surface area contributed by atoms with Crippen LogP contribution in [0, 0.1) is 11.2 Å². The van der Waals surface area contributed by atoms with Gasteiger partial charge in [-0.25, -0.2) is 4.39 Å². The average molecular weight is 470 g/mol. The highest BCUT2D eigenvalue weighted by Crippen LogP contribution is 2.19. The third-order valence-electron chi connectivity index (χ3n) is 5.42. The fourth-order valence-electron chi connectivity index (χ4n) is 3.63. The van der Waals surface area contributed by atoms with E-state index >= 15 is 0 Å². The fraction of sp³-hybridized carbons (Fsp3) is 0.292. The number of amides is 2. The number of nitrogens with one attached hydrogen (secondary N) is 3. The molecule has 0 saturated carbocycles. The molecule has 0 aliphatic carbocycles. The van der Waals surface area contributed by atoms with Gasteiger partial charge in [-0.3, -0.25) is 15.0 Å². The minimum atomic E-state index is -0.903. The monoisotopic (exact) mass is 469 g/mol. The Hall–Kier alpha value is -3.92. The number of nitrogens with two attached hydrogens (primary N) is 2. The summed E-state index contributed by atoms with van der Waals surface area (Å²) in [5.41, 5.74) is 11.6. The van der Waals surface area contributed by atoms with Crippen LogP contribution in [0.1, 0.15) is 34.3 Å². The van der Waals surface area contributed by atoms with E-state index in [1.54, 1.807) is 24.3 Å². The summed E-state index contributed by atoms with van der Waals surface area (Å²) in [5.74, 6) is -1.63. The van der Waals surface area contributed by atoms with Crippen molar-refractivity contribution in [2.24, 2.45) is 11.5 Å². The lowest BCUT2D eigenvalue weighted by atomic mass is 9.99. The smallest absolute Gasteiger partial charge is 0.255 e. The van der Waals surface area contributed by atoms with Crippen LogP contribution in [0.3, 0.4) is 0 Å². The van der Waals surface area contributed by atoms with Crippen LogP contribution in [0.5, 0.6) is 5.75 Å². The van der Waals surface area contributed by atoms with Crippen LogP contribution < -0.4 is 26.8 Å². The van der Waals surface area contributed by atoms with Crippen molar-refractivity contribution >= 4 is 17.5 Å². The Balaban J connectivity index is 1.73. The molecule has 180 valence electrons. The standard InChI is InChI=1S/C24H28FN5O4/c1-33-19-7-3-2-6-17(19)24(32)29-12-15-9-8-14(11-18(15)25)21(26)20(23(28)31)22(27)30-16-5-4-10-34-13-16/h2-3,6-9,11,16,26,30H,4-5,10,12-13,27H2,1H3,(H2,28,31)(H,29,32)/b22-20+,26-21?. The van der Waals surface area contributed by atoms with Crippen molar-refractivity contribution in [2.75, 3.05) is 20.3 Å². The van der Waals surface area contributed by atoms with Crippen molar-refractivity contribution in [3.8, 4) is 5.75 Å². The minimum Gasteiger partial charge on any atom is -0.496 e. The molecule has 1 saturated heterocycles. The number of hydrogen-bond donors (Lipinski definition) is 5. The van der Waals surface area contributed by atoms with Crippen molar-refractivity contribution in [3.05, 3.63) is 76.4 Å². The SMILES string of the molecule is COc1ccccc1C(=O)NCc1ccc(C(=N)/C(C(N)=O)=C(/N)NC2CCCOC2)cc1F. The lowest BCUT2D eigenvalue weighted by Gasteiger charge is -2.25. The molecule has 34 heavy (non-hydrogen) atoms. The van der Waals surface area contributed by atoms with Crippen molar-refractivity contribution in [2.45, 2.75) is 25.4 Å². The fourth-order valence-corrected chi connectivity index (χ4v) is 3.63. The number of rotatable bonds is 9. The number of methoxy groups -OCH3 is 1. The number of benzene rings is 2. The Morgan fingerprint density at radius 3 is 2.65 bits per heavy atom. The zero-order valence-electron chi connectivity index (χ0n) is 18.8. The Morgan fingerprint density at radius 2 is 2.00 bits per heavy atom. The van der Waals surface area contributed by atoms with E-state index in [0.717, 1.165) is 18.9 Å². The maximum Gasteiger partial charge on any atom is 0.255 e. The zero-order chi connectivity index (χ0) is 24.7. The summed E-state index contributed by atoms with van der Waals surface area (Å²) in [6, 6.07) is 10.6. The molecule has 0 radical (unpaired) electrons. The van der Waals surface area contributed by atoms with Gasteiger partial charge in [0.2, 0.25) is 0 Å². The zero-order valence-corrected chi connectivity index (χ0v) is 18.8. The number of carbonyl (C=O) groups excluding carboxylic acids is 2. The van der Waals surface area contributed by atoms with Crippen molar-refractivity contribution in [1.29, 1.82) is 5.41 Å². The molecule has 1 heterocycles. The maximum atomic E-state index is 14.8. The highest BCUT2D eigenvalue weighted by Gasteiger charge is 2.22. The van der Waals surface area contributed by atoms with Gasteiger partial charge < -0.3 is 31.6 Å². The van der Waals surface area contributed by atoms with E-state index in [2.05, 4.69) is 10.6 Å². The van der Waals surface area contributed by atoms with E-state index in [1.807, 2.05) is 0 Å². The van der Waals surface area contributed by atoms with Crippen LogP contribution in [0.25, 0.3) is 0 Å². The Bertz CT molecular complexity index is 1110. The van der Waals surface area contributed by atoms with E-state index in [9.17, 15) is 14.0 Å². The highest BCUT2D eigenvalue weighted by molar-refractivity contribution is 6.26. The lowest BCUT2D eigenvalue weighted by molar-refractivity contribution is -0.114. The first-order valence-corrected chi connectivity index (χ1v) is 10.7. The largest absolute Gasteiger partial charge is 0.496 e. The quantitative estimate of drug-likeness (QED) is 0.278. The molecule has 1 unspecified atom stereocenters. The molecule has 1 fully saturated rings. The van der Waals surface area contributed by atoms with E-state index in [0.29, 0.717) is 24.5 Å². The van der Waals surface area contributed by atoms with Crippen molar-refractivity contribution in [1.82, 2.24) is 10.6 Å². The number of halogens is 1. The molecule has 0 spiro atoms. The van der Waals surface area contributed by atoms with Crippen LogP contribution in [-0.4, -0.2) is 43.9 Å². The summed E-state index contributed by atoms with van der Waals surface area (Å²) in [7, 11) is 1.46. The lowest BCUT2D eigenvalue weighted by Crippen LogP contribution is -2.41. The predicted octanol–water partition coefficient (Wildman–Crippen LogP) is 1.56. The number of para-hydroxylation sites is 1. The average Bonchev–Trinajstić information content (AvgIpc) is 2.83. The summed E-state index contributed by atoms with van der Waals surface area (Å²) in [5, 5.41) is 14.0. The van der Waals surface area contributed by atoms with Gasteiger partial charge in [0.1, 0.15) is 23.0 Å². The molecule has 2 amide bonds. The third kappa shape index (κ3) is 5.90. The summed E-state index contributed by atoms with van der Waals surface area (Å²) >= 11 is 0. The number of ether oxygens (including phenoxy) is 2. The summed E-state index contributed by atoms with van der Waals surface area (Å²) in [6.45, 7) is 0.995. The Labute approximate surface area is 196 Å². The van der Waals surface area contributed by atoms with Crippen LogP contribution in [0.15, 0.2) is 53.9 Å². The molecule has 3 rings (SSSR count). The number of primary amides is 1. The first-order chi connectivity index (χ1) is 16.3. The third-order valence-corrected chi connectivity index (χ3v) is 5.42. The molecule has 10 heteroatoms. The summed E-state index contributed by atoms with van der Waals surface area (Å²) in [6.07, 6.45) is 1.64. The van der Waals surface area contributed by atoms with E-state index in [1.165, 1.54) is 19.2 Å². The molecule has 2 aromatic carbocycles.